The smallest absolute Gasteiger partial charge is 0.190 e. The fraction of sp³-hybridized carbons (Fsp3) is 0.333. The lowest BCUT2D eigenvalue weighted by Gasteiger charge is -2.12. The van der Waals surface area contributed by atoms with Crippen LogP contribution >= 0.6 is 24.0 Å². The number of aliphatic imine (C=N–C) groups is 1. The highest BCUT2D eigenvalue weighted by Crippen LogP contribution is 2.11. The topological polar surface area (TPSA) is 58.5 Å². The summed E-state index contributed by atoms with van der Waals surface area (Å²) in [5.74, 6) is 1.71. The molecule has 6 heteroatoms. The lowest BCUT2D eigenvalue weighted by Crippen LogP contribution is -2.39. The maximum Gasteiger partial charge on any atom is 0.190 e. The number of halogens is 1. The number of nitrogens with one attached hydrogen (secondary N) is 2. The minimum atomic E-state index is 0. The van der Waals surface area contributed by atoms with Crippen molar-refractivity contribution >= 4 is 29.9 Å². The number of rotatable bonds is 7. The molecule has 0 unspecified atom stereocenters. The highest BCUT2D eigenvalue weighted by Gasteiger charge is 1.99. The summed E-state index contributed by atoms with van der Waals surface area (Å²) in [5, 5.41) is 6.64. The van der Waals surface area contributed by atoms with Crippen molar-refractivity contribution in [1.29, 1.82) is 0 Å². The summed E-state index contributed by atoms with van der Waals surface area (Å²) >= 11 is 0. The fourth-order valence-electron chi connectivity index (χ4n) is 2.21. The number of ether oxygens (including phenoxy) is 1. The Morgan fingerprint density at radius 1 is 1.04 bits per heavy atom. The first-order valence-corrected chi connectivity index (χ1v) is 7.78. The molecule has 1 heterocycles. The van der Waals surface area contributed by atoms with E-state index in [1.54, 1.807) is 20.4 Å². The maximum absolute atomic E-state index is 5.16. The van der Waals surface area contributed by atoms with Crippen molar-refractivity contribution in [2.45, 2.75) is 12.8 Å². The predicted molar refractivity (Wildman–Crippen MR) is 109 cm³/mol. The molecule has 0 atom stereocenters. The molecule has 0 saturated carbocycles. The van der Waals surface area contributed by atoms with Crippen molar-refractivity contribution in [3.63, 3.8) is 0 Å². The van der Waals surface area contributed by atoms with Crippen molar-refractivity contribution in [3.8, 4) is 5.75 Å². The van der Waals surface area contributed by atoms with Gasteiger partial charge in [-0.2, -0.15) is 0 Å². The van der Waals surface area contributed by atoms with Crippen LogP contribution in [0, 0.1) is 0 Å². The van der Waals surface area contributed by atoms with Crippen LogP contribution in [0.4, 0.5) is 0 Å². The molecule has 1 aromatic carbocycles. The Morgan fingerprint density at radius 2 is 1.71 bits per heavy atom. The molecule has 2 aromatic rings. The molecule has 0 amide bonds. The number of guanidine groups is 1. The Bertz CT molecular complexity index is 602. The van der Waals surface area contributed by atoms with Gasteiger partial charge in [-0.3, -0.25) is 9.98 Å². The second kappa shape index (κ2) is 11.7. The molecule has 0 aliphatic rings. The molecule has 130 valence electrons. The highest BCUT2D eigenvalue weighted by molar-refractivity contribution is 14.0. The van der Waals surface area contributed by atoms with E-state index in [1.807, 2.05) is 24.4 Å². The van der Waals surface area contributed by atoms with E-state index in [4.69, 9.17) is 4.74 Å². The van der Waals surface area contributed by atoms with Gasteiger partial charge < -0.3 is 15.4 Å². The van der Waals surface area contributed by atoms with Gasteiger partial charge in [0.05, 0.1) is 7.11 Å². The van der Waals surface area contributed by atoms with Crippen LogP contribution in [0.15, 0.2) is 53.8 Å². The number of benzene rings is 1. The quantitative estimate of drug-likeness (QED) is 0.395. The Hall–Kier alpha value is -1.83. The molecular formula is C18H25IN4O. The summed E-state index contributed by atoms with van der Waals surface area (Å²) in [4.78, 5) is 8.35. The Balaban J connectivity index is 0.00000288. The summed E-state index contributed by atoms with van der Waals surface area (Å²) < 4.78 is 5.16. The molecule has 5 nitrogen and oxygen atoms in total. The van der Waals surface area contributed by atoms with Gasteiger partial charge in [0.2, 0.25) is 0 Å². The molecule has 0 fully saturated rings. The number of methoxy groups -OCH3 is 1. The monoisotopic (exact) mass is 440 g/mol. The largest absolute Gasteiger partial charge is 0.497 e. The standard InChI is InChI=1S/C18H24N4O.HI/c1-19-18(22-13-10-16-4-3-11-20-14-16)21-12-9-15-5-7-17(23-2)8-6-15;/h3-8,11,14H,9-10,12-13H2,1-2H3,(H2,19,21,22);1H. The Kier molecular flexibility index (Phi) is 9.83. The molecule has 0 bridgehead atoms. The zero-order valence-corrected chi connectivity index (χ0v) is 16.5. The van der Waals surface area contributed by atoms with E-state index in [-0.39, 0.29) is 24.0 Å². The summed E-state index contributed by atoms with van der Waals surface area (Å²) in [6.07, 6.45) is 5.54. The van der Waals surface area contributed by atoms with E-state index in [1.165, 1.54) is 11.1 Å². The highest BCUT2D eigenvalue weighted by atomic mass is 127. The number of nitrogens with zero attached hydrogens (tertiary/aromatic N) is 2. The van der Waals surface area contributed by atoms with Crippen molar-refractivity contribution in [1.82, 2.24) is 15.6 Å². The van der Waals surface area contributed by atoms with E-state index in [0.717, 1.165) is 37.6 Å². The normalized spacial score (nSPS) is 10.7. The van der Waals surface area contributed by atoms with E-state index in [9.17, 15) is 0 Å². The number of pyridine rings is 1. The minimum absolute atomic E-state index is 0. The lowest BCUT2D eigenvalue weighted by molar-refractivity contribution is 0.414. The third-order valence-electron chi connectivity index (χ3n) is 3.52. The second-order valence-electron chi connectivity index (χ2n) is 5.14. The van der Waals surface area contributed by atoms with Gasteiger partial charge in [-0.25, -0.2) is 0 Å². The SMILES string of the molecule is CN=C(NCCc1ccc(OC)cc1)NCCc1cccnc1.I. The first-order valence-electron chi connectivity index (χ1n) is 7.78. The van der Waals surface area contributed by atoms with E-state index >= 15 is 0 Å². The van der Waals surface area contributed by atoms with Gasteiger partial charge in [-0.15, -0.1) is 24.0 Å². The predicted octanol–water partition coefficient (Wildman–Crippen LogP) is 2.66. The summed E-state index contributed by atoms with van der Waals surface area (Å²) in [5.41, 5.74) is 2.48. The maximum atomic E-state index is 5.16. The van der Waals surface area contributed by atoms with Crippen LogP contribution in [0.3, 0.4) is 0 Å². The molecule has 2 N–H and O–H groups in total. The van der Waals surface area contributed by atoms with Gasteiger partial charge in [0, 0.05) is 32.5 Å². The number of hydrogen-bond donors (Lipinski definition) is 2. The molecular weight excluding hydrogens is 415 g/mol. The minimum Gasteiger partial charge on any atom is -0.497 e. The van der Waals surface area contributed by atoms with E-state index < -0.39 is 0 Å². The molecule has 1 aromatic heterocycles. The Labute approximate surface area is 161 Å². The van der Waals surface area contributed by atoms with Gasteiger partial charge in [-0.05, 0) is 42.2 Å². The molecule has 0 aliphatic carbocycles. The van der Waals surface area contributed by atoms with Gasteiger partial charge in [-0.1, -0.05) is 18.2 Å². The number of aromatic nitrogens is 1. The molecule has 0 aliphatic heterocycles. The zero-order valence-electron chi connectivity index (χ0n) is 14.2. The molecule has 24 heavy (non-hydrogen) atoms. The first-order chi connectivity index (χ1) is 11.3. The van der Waals surface area contributed by atoms with Crippen LogP contribution in [0.5, 0.6) is 5.75 Å². The van der Waals surface area contributed by atoms with Crippen LogP contribution in [-0.2, 0) is 12.8 Å². The molecule has 0 radical (unpaired) electrons. The Morgan fingerprint density at radius 3 is 2.25 bits per heavy atom. The molecule has 0 spiro atoms. The van der Waals surface area contributed by atoms with E-state index in [2.05, 4.69) is 38.8 Å². The third kappa shape index (κ3) is 7.16. The average molecular weight is 440 g/mol. The zero-order chi connectivity index (χ0) is 16.3. The summed E-state index contributed by atoms with van der Waals surface area (Å²) in [7, 11) is 3.46. The number of hydrogen-bond acceptors (Lipinski definition) is 3. The first kappa shape index (κ1) is 20.2. The van der Waals surface area contributed by atoms with Crippen LogP contribution in [-0.4, -0.2) is 38.2 Å². The van der Waals surface area contributed by atoms with Crippen LogP contribution in [0.1, 0.15) is 11.1 Å². The molecule has 0 saturated heterocycles. The van der Waals surface area contributed by atoms with Crippen LogP contribution < -0.4 is 15.4 Å². The van der Waals surface area contributed by atoms with Crippen molar-refractivity contribution in [2.75, 3.05) is 27.2 Å². The average Bonchev–Trinajstić information content (AvgIpc) is 2.62. The van der Waals surface area contributed by atoms with Gasteiger partial charge in [0.15, 0.2) is 5.96 Å². The van der Waals surface area contributed by atoms with E-state index in [0.29, 0.717) is 0 Å². The fourth-order valence-corrected chi connectivity index (χ4v) is 2.21. The van der Waals surface area contributed by atoms with Gasteiger partial charge in [0.25, 0.3) is 0 Å². The summed E-state index contributed by atoms with van der Waals surface area (Å²) in [6, 6.07) is 12.2. The van der Waals surface area contributed by atoms with Crippen molar-refractivity contribution in [2.24, 2.45) is 4.99 Å². The lowest BCUT2D eigenvalue weighted by atomic mass is 10.1. The van der Waals surface area contributed by atoms with Crippen LogP contribution in [0.25, 0.3) is 0 Å². The van der Waals surface area contributed by atoms with Crippen molar-refractivity contribution in [3.05, 3.63) is 59.9 Å². The summed E-state index contributed by atoms with van der Waals surface area (Å²) in [6.45, 7) is 1.66. The second-order valence-corrected chi connectivity index (χ2v) is 5.14. The molecule has 2 rings (SSSR count). The van der Waals surface area contributed by atoms with Gasteiger partial charge in [0.1, 0.15) is 5.75 Å². The van der Waals surface area contributed by atoms with Crippen molar-refractivity contribution < 1.29 is 4.74 Å². The third-order valence-corrected chi connectivity index (χ3v) is 3.52. The van der Waals surface area contributed by atoms with Crippen LogP contribution in [0.2, 0.25) is 0 Å². The van der Waals surface area contributed by atoms with Gasteiger partial charge >= 0.3 is 0 Å².